The first-order valence-corrected chi connectivity index (χ1v) is 4.27. The number of nitrogens with zero attached hydrogens (tertiary/aromatic N) is 2. The molecule has 1 aromatic heterocycles. The van der Waals surface area contributed by atoms with Gasteiger partial charge in [-0.05, 0) is 12.8 Å². The zero-order valence-corrected chi connectivity index (χ0v) is 9.58. The molecule has 0 bridgehead atoms. The van der Waals surface area contributed by atoms with Crippen LogP contribution in [0.2, 0.25) is 0 Å². The molecule has 3 heteroatoms. The van der Waals surface area contributed by atoms with Crippen LogP contribution >= 0.6 is 0 Å². The maximum Gasteiger partial charge on any atom is 0.243 e. The van der Waals surface area contributed by atoms with E-state index in [1.165, 1.54) is 0 Å². The van der Waals surface area contributed by atoms with E-state index in [0.29, 0.717) is 0 Å². The van der Waals surface area contributed by atoms with Crippen molar-refractivity contribution in [1.82, 2.24) is 4.57 Å². The van der Waals surface area contributed by atoms with Crippen LogP contribution in [0.15, 0.2) is 18.7 Å². The molecule has 0 aliphatic carbocycles. The Hall–Kier alpha value is -0.310. The Labute approximate surface area is 85.0 Å². The molecular formula is C9H17BrN2. The fourth-order valence-corrected chi connectivity index (χ4v) is 1.16. The molecule has 12 heavy (non-hydrogen) atoms. The molecule has 0 aromatic carbocycles. The van der Waals surface area contributed by atoms with Gasteiger partial charge in [0.1, 0.15) is 12.4 Å². The molecule has 0 aliphatic rings. The standard InChI is InChI=1S/C9H17N2.BrH/c1-4-10-5-6-11(8-10)7-9(2)3;/h5-6,8-9H,4,7H2,1-3H3;1H/q+1;/p-1. The lowest BCUT2D eigenvalue weighted by atomic mass is 10.2. The van der Waals surface area contributed by atoms with E-state index >= 15 is 0 Å². The van der Waals surface area contributed by atoms with Gasteiger partial charge >= 0.3 is 0 Å². The van der Waals surface area contributed by atoms with E-state index in [4.69, 9.17) is 0 Å². The maximum atomic E-state index is 2.23. The Balaban J connectivity index is 0.00000121. The number of hydrogen-bond acceptors (Lipinski definition) is 0. The fraction of sp³-hybridized carbons (Fsp3) is 0.667. The molecular weight excluding hydrogens is 216 g/mol. The molecule has 0 atom stereocenters. The summed E-state index contributed by atoms with van der Waals surface area (Å²) in [6, 6.07) is 0. The molecule has 0 radical (unpaired) electrons. The van der Waals surface area contributed by atoms with Crippen LogP contribution in [0.3, 0.4) is 0 Å². The molecule has 70 valence electrons. The van der Waals surface area contributed by atoms with Crippen LogP contribution in [-0.2, 0) is 13.1 Å². The minimum Gasteiger partial charge on any atom is -1.00 e. The largest absolute Gasteiger partial charge is 1.00 e. The van der Waals surface area contributed by atoms with Crippen molar-refractivity contribution in [2.45, 2.75) is 33.9 Å². The predicted octanol–water partition coefficient (Wildman–Crippen LogP) is -1.54. The highest BCUT2D eigenvalue weighted by molar-refractivity contribution is 4.64. The van der Waals surface area contributed by atoms with E-state index in [2.05, 4.69) is 48.6 Å². The van der Waals surface area contributed by atoms with Gasteiger partial charge in [-0.25, -0.2) is 9.13 Å². The van der Waals surface area contributed by atoms with Crippen LogP contribution in [0, 0.1) is 5.92 Å². The Kier molecular flexibility index (Phi) is 5.22. The molecule has 1 heterocycles. The highest BCUT2D eigenvalue weighted by Crippen LogP contribution is 1.91. The Morgan fingerprint density at radius 2 is 2.08 bits per heavy atom. The van der Waals surface area contributed by atoms with E-state index in [9.17, 15) is 0 Å². The second-order valence-corrected chi connectivity index (χ2v) is 3.33. The molecule has 1 rings (SSSR count). The molecule has 2 nitrogen and oxygen atoms in total. The van der Waals surface area contributed by atoms with Gasteiger partial charge in [0.2, 0.25) is 6.33 Å². The molecule has 0 fully saturated rings. The quantitative estimate of drug-likeness (QED) is 0.559. The summed E-state index contributed by atoms with van der Waals surface area (Å²) in [4.78, 5) is 0. The summed E-state index contributed by atoms with van der Waals surface area (Å²) < 4.78 is 4.41. The first-order valence-electron chi connectivity index (χ1n) is 4.27. The maximum absolute atomic E-state index is 2.23. The highest BCUT2D eigenvalue weighted by atomic mass is 79.9. The fourth-order valence-electron chi connectivity index (χ4n) is 1.16. The summed E-state index contributed by atoms with van der Waals surface area (Å²) in [6.45, 7) is 8.80. The number of rotatable bonds is 3. The lowest BCUT2D eigenvalue weighted by Gasteiger charge is -1.98. The molecule has 0 N–H and O–H groups in total. The molecule has 0 spiro atoms. The summed E-state index contributed by atoms with van der Waals surface area (Å²) >= 11 is 0. The third-order valence-corrected chi connectivity index (χ3v) is 1.69. The number of aryl methyl sites for hydroxylation is 1. The molecule has 0 aliphatic heterocycles. The van der Waals surface area contributed by atoms with Crippen molar-refractivity contribution >= 4 is 0 Å². The topological polar surface area (TPSA) is 8.81 Å². The number of aromatic nitrogens is 2. The van der Waals surface area contributed by atoms with Crippen molar-refractivity contribution in [2.75, 3.05) is 0 Å². The van der Waals surface area contributed by atoms with Crippen LogP contribution in [0.5, 0.6) is 0 Å². The van der Waals surface area contributed by atoms with E-state index in [0.717, 1.165) is 19.0 Å². The van der Waals surface area contributed by atoms with Gasteiger partial charge in [0.05, 0.1) is 13.1 Å². The normalized spacial score (nSPS) is 10.0. The van der Waals surface area contributed by atoms with E-state index < -0.39 is 0 Å². The molecule has 1 aromatic rings. The van der Waals surface area contributed by atoms with Crippen molar-refractivity contribution < 1.29 is 21.5 Å². The predicted molar refractivity (Wildman–Crippen MR) is 45.1 cm³/mol. The summed E-state index contributed by atoms with van der Waals surface area (Å²) in [6.07, 6.45) is 6.39. The van der Waals surface area contributed by atoms with Gasteiger partial charge in [0.15, 0.2) is 0 Å². The Bertz CT molecular complexity index is 218. The average Bonchev–Trinajstić information content (AvgIpc) is 2.34. The SMILES string of the molecule is CCn1cc[n+](CC(C)C)c1.[Br-]. The van der Waals surface area contributed by atoms with E-state index in [1.807, 2.05) is 0 Å². The number of imidazole rings is 1. The van der Waals surface area contributed by atoms with Gasteiger partial charge in [-0.3, -0.25) is 0 Å². The van der Waals surface area contributed by atoms with Crippen LogP contribution in [0.25, 0.3) is 0 Å². The van der Waals surface area contributed by atoms with Crippen molar-refractivity contribution in [1.29, 1.82) is 0 Å². The minimum atomic E-state index is 0. The summed E-state index contributed by atoms with van der Waals surface area (Å²) in [5.74, 6) is 0.729. The summed E-state index contributed by atoms with van der Waals surface area (Å²) in [5.41, 5.74) is 0. The van der Waals surface area contributed by atoms with Crippen LogP contribution in [0.4, 0.5) is 0 Å². The molecule has 0 saturated carbocycles. The zero-order chi connectivity index (χ0) is 8.27. The monoisotopic (exact) mass is 232 g/mol. The summed E-state index contributed by atoms with van der Waals surface area (Å²) in [7, 11) is 0. The van der Waals surface area contributed by atoms with Gasteiger partial charge in [0, 0.05) is 0 Å². The smallest absolute Gasteiger partial charge is 0.243 e. The second-order valence-electron chi connectivity index (χ2n) is 3.33. The molecule has 0 amide bonds. The second kappa shape index (κ2) is 5.36. The molecule has 0 saturated heterocycles. The minimum absolute atomic E-state index is 0. The first-order chi connectivity index (χ1) is 5.22. The third kappa shape index (κ3) is 3.39. The van der Waals surface area contributed by atoms with Gasteiger partial charge in [-0.2, -0.15) is 0 Å². The lowest BCUT2D eigenvalue weighted by Crippen LogP contribution is -3.00. The lowest BCUT2D eigenvalue weighted by molar-refractivity contribution is -0.701. The zero-order valence-electron chi connectivity index (χ0n) is 8.00. The van der Waals surface area contributed by atoms with Gasteiger partial charge < -0.3 is 17.0 Å². The van der Waals surface area contributed by atoms with E-state index in [-0.39, 0.29) is 17.0 Å². The molecule has 0 unspecified atom stereocenters. The summed E-state index contributed by atoms with van der Waals surface area (Å²) in [5, 5.41) is 0. The van der Waals surface area contributed by atoms with Crippen LogP contribution < -0.4 is 21.5 Å². The number of halogens is 1. The first kappa shape index (κ1) is 11.7. The van der Waals surface area contributed by atoms with Crippen LogP contribution in [0.1, 0.15) is 20.8 Å². The van der Waals surface area contributed by atoms with Crippen molar-refractivity contribution in [2.24, 2.45) is 5.92 Å². The third-order valence-electron chi connectivity index (χ3n) is 1.69. The highest BCUT2D eigenvalue weighted by Gasteiger charge is 2.02. The van der Waals surface area contributed by atoms with Gasteiger partial charge in [-0.15, -0.1) is 0 Å². The van der Waals surface area contributed by atoms with Crippen molar-refractivity contribution in [3.05, 3.63) is 18.7 Å². The average molecular weight is 233 g/mol. The van der Waals surface area contributed by atoms with Crippen molar-refractivity contribution in [3.63, 3.8) is 0 Å². The Morgan fingerprint density at radius 3 is 2.50 bits per heavy atom. The van der Waals surface area contributed by atoms with Crippen molar-refractivity contribution in [3.8, 4) is 0 Å². The van der Waals surface area contributed by atoms with Gasteiger partial charge in [0.25, 0.3) is 0 Å². The Morgan fingerprint density at radius 1 is 1.42 bits per heavy atom. The number of hydrogen-bond donors (Lipinski definition) is 0. The van der Waals surface area contributed by atoms with E-state index in [1.54, 1.807) is 0 Å². The van der Waals surface area contributed by atoms with Crippen LogP contribution in [-0.4, -0.2) is 4.57 Å². The van der Waals surface area contributed by atoms with Gasteiger partial charge in [-0.1, -0.05) is 13.8 Å².